The first kappa shape index (κ1) is 20.5. The number of carbonyl (C=O) groups excluding carboxylic acids is 2. The number of hydrogen-bond donors (Lipinski definition) is 1. The van der Waals surface area contributed by atoms with Gasteiger partial charge in [0.1, 0.15) is 13.2 Å². The van der Waals surface area contributed by atoms with Crippen molar-refractivity contribution in [3.8, 4) is 17.2 Å². The van der Waals surface area contributed by atoms with Gasteiger partial charge in [0.05, 0.1) is 32.3 Å². The van der Waals surface area contributed by atoms with Gasteiger partial charge in [0.15, 0.2) is 17.3 Å². The zero-order chi connectivity index (χ0) is 22.0. The van der Waals surface area contributed by atoms with Crippen LogP contribution in [0.25, 0.3) is 0 Å². The maximum Gasteiger partial charge on any atom is 0.248 e. The number of fused-ring (bicyclic) bond motifs is 1. The lowest BCUT2D eigenvalue weighted by atomic mass is 9.79. The van der Waals surface area contributed by atoms with Gasteiger partial charge in [-0.05, 0) is 23.8 Å². The second-order valence-corrected chi connectivity index (χ2v) is 7.31. The Kier molecular flexibility index (Phi) is 5.66. The molecule has 2 N–H and O–H groups in total. The fourth-order valence-electron chi connectivity index (χ4n) is 3.82. The van der Waals surface area contributed by atoms with Crippen LogP contribution in [0.3, 0.4) is 0 Å². The van der Waals surface area contributed by atoms with Gasteiger partial charge in [-0.25, -0.2) is 0 Å². The summed E-state index contributed by atoms with van der Waals surface area (Å²) < 4.78 is 22.5. The summed E-state index contributed by atoms with van der Waals surface area (Å²) >= 11 is 0. The number of carbonyl (C=O) groups is 2. The Hall–Kier alpha value is -3.74. The second-order valence-electron chi connectivity index (χ2n) is 7.31. The number of ether oxygens (including phenoxy) is 4. The topological polar surface area (TPSA) is 97.1 Å². The highest BCUT2D eigenvalue weighted by Crippen LogP contribution is 2.46. The third-order valence-electron chi connectivity index (χ3n) is 5.50. The molecule has 0 radical (unpaired) electrons. The molecule has 0 aromatic heterocycles. The number of primary amides is 1. The first-order chi connectivity index (χ1) is 15.0. The molecule has 0 saturated carbocycles. The van der Waals surface area contributed by atoms with Gasteiger partial charge in [-0.1, -0.05) is 30.4 Å². The van der Waals surface area contributed by atoms with E-state index >= 15 is 0 Å². The molecule has 1 amide bonds. The number of rotatable bonds is 7. The molecule has 0 spiro atoms. The van der Waals surface area contributed by atoms with Crippen LogP contribution in [0.5, 0.6) is 17.2 Å². The Balaban J connectivity index is 1.68. The van der Waals surface area contributed by atoms with Crippen LogP contribution in [0.1, 0.15) is 27.4 Å². The zero-order valence-corrected chi connectivity index (χ0v) is 17.3. The Bertz CT molecular complexity index is 1070. The number of amides is 1. The van der Waals surface area contributed by atoms with Crippen LogP contribution in [0, 0.1) is 5.92 Å². The van der Waals surface area contributed by atoms with E-state index in [1.54, 1.807) is 43.7 Å². The molecule has 1 aliphatic carbocycles. The SMILES string of the molecule is COc1ccc(C2C=CC3=COCC3C2=O)c(OCc2ccc(C(N)=O)cc2)c1OC. The molecule has 0 saturated heterocycles. The fraction of sp³-hybridized carbons (Fsp3) is 0.250. The number of methoxy groups -OCH3 is 2. The van der Waals surface area contributed by atoms with E-state index in [9.17, 15) is 9.59 Å². The largest absolute Gasteiger partial charge is 0.500 e. The molecule has 2 aromatic rings. The van der Waals surface area contributed by atoms with Gasteiger partial charge in [-0.2, -0.15) is 0 Å². The highest BCUT2D eigenvalue weighted by atomic mass is 16.5. The molecule has 0 fully saturated rings. The lowest BCUT2D eigenvalue weighted by Crippen LogP contribution is -2.26. The summed E-state index contributed by atoms with van der Waals surface area (Å²) in [5.74, 6) is 0.148. The molecule has 0 bridgehead atoms. The van der Waals surface area contributed by atoms with Gasteiger partial charge in [0.2, 0.25) is 11.7 Å². The minimum Gasteiger partial charge on any atom is -0.500 e. The molecule has 2 aliphatic rings. The van der Waals surface area contributed by atoms with Crippen molar-refractivity contribution in [1.82, 2.24) is 0 Å². The molecular formula is C24H23NO6. The van der Waals surface area contributed by atoms with Gasteiger partial charge in [0.25, 0.3) is 0 Å². The maximum absolute atomic E-state index is 13.1. The Morgan fingerprint density at radius 1 is 1.10 bits per heavy atom. The lowest BCUT2D eigenvalue weighted by Gasteiger charge is -2.25. The molecule has 1 aliphatic heterocycles. The Labute approximate surface area is 180 Å². The predicted octanol–water partition coefficient (Wildman–Crippen LogP) is 3.13. The molecule has 2 unspecified atom stereocenters. The van der Waals surface area contributed by atoms with Gasteiger partial charge < -0.3 is 24.7 Å². The van der Waals surface area contributed by atoms with E-state index in [4.69, 9.17) is 24.7 Å². The summed E-state index contributed by atoms with van der Waals surface area (Å²) in [4.78, 5) is 24.4. The summed E-state index contributed by atoms with van der Waals surface area (Å²) in [6.07, 6.45) is 5.42. The molecule has 7 nitrogen and oxygen atoms in total. The van der Waals surface area contributed by atoms with Gasteiger partial charge >= 0.3 is 0 Å². The Morgan fingerprint density at radius 3 is 2.55 bits per heavy atom. The number of allylic oxidation sites excluding steroid dienone is 2. The first-order valence-corrected chi connectivity index (χ1v) is 9.83. The van der Waals surface area contributed by atoms with Crippen molar-refractivity contribution in [2.75, 3.05) is 20.8 Å². The number of nitrogens with two attached hydrogens (primary N) is 1. The van der Waals surface area contributed by atoms with Crippen molar-refractivity contribution in [3.63, 3.8) is 0 Å². The van der Waals surface area contributed by atoms with Crippen molar-refractivity contribution in [1.29, 1.82) is 0 Å². The molecule has 2 aromatic carbocycles. The van der Waals surface area contributed by atoms with Gasteiger partial charge in [0, 0.05) is 16.7 Å². The van der Waals surface area contributed by atoms with Crippen molar-refractivity contribution < 1.29 is 28.5 Å². The van der Waals surface area contributed by atoms with Gasteiger partial charge in [-0.15, -0.1) is 0 Å². The molecule has 7 heteroatoms. The molecule has 4 rings (SSSR count). The van der Waals surface area contributed by atoms with E-state index in [-0.39, 0.29) is 18.3 Å². The molecule has 160 valence electrons. The van der Waals surface area contributed by atoms with Gasteiger partial charge in [-0.3, -0.25) is 9.59 Å². The molecule has 31 heavy (non-hydrogen) atoms. The molecular weight excluding hydrogens is 398 g/mol. The molecule has 1 heterocycles. The van der Waals surface area contributed by atoms with Crippen LogP contribution >= 0.6 is 0 Å². The second kappa shape index (κ2) is 8.55. The van der Waals surface area contributed by atoms with Crippen LogP contribution in [0.4, 0.5) is 0 Å². The lowest BCUT2D eigenvalue weighted by molar-refractivity contribution is -0.122. The first-order valence-electron chi connectivity index (χ1n) is 9.83. The molecule has 2 atom stereocenters. The van der Waals surface area contributed by atoms with E-state index in [2.05, 4.69) is 0 Å². The monoisotopic (exact) mass is 421 g/mol. The van der Waals surface area contributed by atoms with Crippen LogP contribution in [-0.4, -0.2) is 32.5 Å². The highest BCUT2D eigenvalue weighted by molar-refractivity contribution is 5.95. The number of benzene rings is 2. The maximum atomic E-state index is 13.1. The summed E-state index contributed by atoms with van der Waals surface area (Å²) in [7, 11) is 3.07. The van der Waals surface area contributed by atoms with E-state index in [1.807, 2.05) is 18.2 Å². The minimum atomic E-state index is -0.490. The predicted molar refractivity (Wildman–Crippen MR) is 113 cm³/mol. The summed E-state index contributed by atoms with van der Waals surface area (Å²) in [5, 5.41) is 0. The van der Waals surface area contributed by atoms with E-state index in [0.29, 0.717) is 35.0 Å². The third-order valence-corrected chi connectivity index (χ3v) is 5.50. The third kappa shape index (κ3) is 3.86. The smallest absolute Gasteiger partial charge is 0.248 e. The number of ketones is 1. The van der Waals surface area contributed by atoms with Crippen molar-refractivity contribution in [3.05, 3.63) is 77.1 Å². The number of hydrogen-bond acceptors (Lipinski definition) is 6. The summed E-state index contributed by atoms with van der Waals surface area (Å²) in [6, 6.07) is 10.4. The average molecular weight is 421 g/mol. The van der Waals surface area contributed by atoms with Crippen LogP contribution < -0.4 is 19.9 Å². The summed E-state index contributed by atoms with van der Waals surface area (Å²) in [5.41, 5.74) is 8.13. The van der Waals surface area contributed by atoms with Crippen LogP contribution in [0.15, 0.2) is 60.4 Å². The van der Waals surface area contributed by atoms with E-state index in [0.717, 1.165) is 11.1 Å². The number of Topliss-reactive ketones (excluding diaryl/α,β-unsaturated/α-hetero) is 1. The normalized spacial score (nSPS) is 19.3. The Morgan fingerprint density at radius 2 is 1.87 bits per heavy atom. The van der Waals surface area contributed by atoms with Crippen LogP contribution in [-0.2, 0) is 16.1 Å². The standard InChI is InChI=1S/C24H23NO6/c1-28-20-10-9-18(17-8-7-16-12-30-13-19(16)21(17)26)22(23(20)29-2)31-11-14-3-5-15(6-4-14)24(25)27/h3-10,12,17,19H,11,13H2,1-2H3,(H2,25,27). The van der Waals surface area contributed by atoms with Crippen LogP contribution in [0.2, 0.25) is 0 Å². The van der Waals surface area contributed by atoms with Crippen molar-refractivity contribution in [2.24, 2.45) is 11.7 Å². The van der Waals surface area contributed by atoms with Crippen molar-refractivity contribution in [2.45, 2.75) is 12.5 Å². The summed E-state index contributed by atoms with van der Waals surface area (Å²) in [6.45, 7) is 0.558. The average Bonchev–Trinajstić information content (AvgIpc) is 3.27. The minimum absolute atomic E-state index is 0.0501. The quantitative estimate of drug-likeness (QED) is 0.738. The fourth-order valence-corrected chi connectivity index (χ4v) is 3.82. The van der Waals surface area contributed by atoms with E-state index in [1.165, 1.54) is 7.11 Å². The highest BCUT2D eigenvalue weighted by Gasteiger charge is 2.37. The van der Waals surface area contributed by atoms with E-state index < -0.39 is 11.8 Å². The van der Waals surface area contributed by atoms with Crippen molar-refractivity contribution >= 4 is 11.7 Å². The zero-order valence-electron chi connectivity index (χ0n) is 17.3.